The Bertz CT molecular complexity index is 587. The van der Waals surface area contributed by atoms with E-state index in [0.29, 0.717) is 5.11 Å². The number of hydrogen-bond acceptors (Lipinski definition) is 3. The average Bonchev–Trinajstić information content (AvgIpc) is 2.55. The Morgan fingerprint density at radius 1 is 1.09 bits per heavy atom. The lowest BCUT2D eigenvalue weighted by atomic mass is 10.3. The first-order valence-corrected chi connectivity index (χ1v) is 7.55. The molecule has 22 heavy (non-hydrogen) atoms. The molecule has 2 aromatic carbocycles. The van der Waals surface area contributed by atoms with Crippen molar-refractivity contribution in [1.29, 1.82) is 0 Å². The first kappa shape index (κ1) is 16.1. The molecule has 5 heteroatoms. The zero-order valence-corrected chi connectivity index (χ0v) is 13.7. The fourth-order valence-corrected chi connectivity index (χ4v) is 2.22. The zero-order valence-electron chi connectivity index (χ0n) is 12.9. The van der Waals surface area contributed by atoms with Gasteiger partial charge in [-0.1, -0.05) is 18.2 Å². The van der Waals surface area contributed by atoms with Gasteiger partial charge in [0.2, 0.25) is 0 Å². The van der Waals surface area contributed by atoms with Crippen LogP contribution < -0.4 is 20.3 Å². The standard InChI is InChI=1S/C17H21N3OS/c1-20(15-8-10-16(21-2)11-9-15)13-12-18-17(22)19-14-6-4-3-5-7-14/h3-11H,12-13H2,1-2H3,(H2,18,19,22). The Morgan fingerprint density at radius 2 is 1.77 bits per heavy atom. The van der Waals surface area contributed by atoms with Crippen LogP contribution in [-0.2, 0) is 0 Å². The smallest absolute Gasteiger partial charge is 0.170 e. The molecule has 0 aliphatic carbocycles. The van der Waals surface area contributed by atoms with Crippen molar-refractivity contribution in [2.24, 2.45) is 0 Å². The lowest BCUT2D eigenvalue weighted by Gasteiger charge is -2.20. The number of para-hydroxylation sites is 1. The minimum Gasteiger partial charge on any atom is -0.497 e. The predicted molar refractivity (Wildman–Crippen MR) is 96.9 cm³/mol. The van der Waals surface area contributed by atoms with Crippen LogP contribution in [0.3, 0.4) is 0 Å². The highest BCUT2D eigenvalue weighted by molar-refractivity contribution is 7.80. The van der Waals surface area contributed by atoms with Gasteiger partial charge in [0.1, 0.15) is 5.75 Å². The second-order valence-corrected chi connectivity index (χ2v) is 5.27. The van der Waals surface area contributed by atoms with Crippen molar-refractivity contribution >= 4 is 28.7 Å². The van der Waals surface area contributed by atoms with Crippen molar-refractivity contribution in [3.05, 3.63) is 54.6 Å². The molecule has 0 bridgehead atoms. The highest BCUT2D eigenvalue weighted by atomic mass is 32.1. The summed E-state index contributed by atoms with van der Waals surface area (Å²) >= 11 is 5.28. The molecule has 0 aliphatic heterocycles. The second kappa shape index (κ2) is 8.24. The normalized spacial score (nSPS) is 9.91. The van der Waals surface area contributed by atoms with Crippen LogP contribution in [0.15, 0.2) is 54.6 Å². The van der Waals surface area contributed by atoms with Gasteiger partial charge >= 0.3 is 0 Å². The Morgan fingerprint density at radius 3 is 2.41 bits per heavy atom. The third kappa shape index (κ3) is 4.93. The van der Waals surface area contributed by atoms with Gasteiger partial charge in [0.25, 0.3) is 0 Å². The molecule has 0 radical (unpaired) electrons. The van der Waals surface area contributed by atoms with E-state index >= 15 is 0 Å². The van der Waals surface area contributed by atoms with Gasteiger partial charge in [-0.2, -0.15) is 0 Å². The van der Waals surface area contributed by atoms with E-state index in [1.165, 1.54) is 0 Å². The summed E-state index contributed by atoms with van der Waals surface area (Å²) in [5.74, 6) is 0.864. The molecule has 0 amide bonds. The number of nitrogens with zero attached hydrogens (tertiary/aromatic N) is 1. The third-order valence-electron chi connectivity index (χ3n) is 3.28. The van der Waals surface area contributed by atoms with Gasteiger partial charge in [0.15, 0.2) is 5.11 Å². The highest BCUT2D eigenvalue weighted by Crippen LogP contribution is 2.17. The van der Waals surface area contributed by atoms with E-state index in [1.54, 1.807) is 7.11 Å². The Balaban J connectivity index is 1.74. The number of thiocarbonyl (C=S) groups is 1. The van der Waals surface area contributed by atoms with Gasteiger partial charge in [0.05, 0.1) is 7.11 Å². The van der Waals surface area contributed by atoms with Gasteiger partial charge in [-0.15, -0.1) is 0 Å². The quantitative estimate of drug-likeness (QED) is 0.801. The zero-order chi connectivity index (χ0) is 15.8. The summed E-state index contributed by atoms with van der Waals surface area (Å²) < 4.78 is 5.16. The van der Waals surface area contributed by atoms with Gasteiger partial charge in [-0.3, -0.25) is 0 Å². The fourth-order valence-electron chi connectivity index (χ4n) is 2.00. The van der Waals surface area contributed by atoms with Gasteiger partial charge < -0.3 is 20.3 Å². The topological polar surface area (TPSA) is 36.5 Å². The van der Waals surface area contributed by atoms with E-state index in [1.807, 2.05) is 54.6 Å². The number of benzene rings is 2. The molecule has 2 N–H and O–H groups in total. The number of hydrogen-bond donors (Lipinski definition) is 2. The van der Waals surface area contributed by atoms with E-state index in [9.17, 15) is 0 Å². The molecule has 4 nitrogen and oxygen atoms in total. The molecular formula is C17H21N3OS. The fraction of sp³-hybridized carbons (Fsp3) is 0.235. The molecule has 0 spiro atoms. The number of anilines is 2. The summed E-state index contributed by atoms with van der Waals surface area (Å²) in [7, 11) is 3.72. The van der Waals surface area contributed by atoms with Crippen molar-refractivity contribution in [2.75, 3.05) is 37.5 Å². The number of methoxy groups -OCH3 is 1. The van der Waals surface area contributed by atoms with E-state index in [2.05, 4.69) is 22.6 Å². The number of rotatable bonds is 6. The molecular weight excluding hydrogens is 294 g/mol. The summed E-state index contributed by atoms with van der Waals surface area (Å²) in [6, 6.07) is 17.9. The van der Waals surface area contributed by atoms with Gasteiger partial charge in [0, 0.05) is 31.5 Å². The first-order valence-electron chi connectivity index (χ1n) is 7.14. The molecule has 116 valence electrons. The van der Waals surface area contributed by atoms with Crippen molar-refractivity contribution in [3.8, 4) is 5.75 Å². The van der Waals surface area contributed by atoms with E-state index in [-0.39, 0.29) is 0 Å². The molecule has 0 aliphatic rings. The van der Waals surface area contributed by atoms with Crippen molar-refractivity contribution in [2.45, 2.75) is 0 Å². The lowest BCUT2D eigenvalue weighted by Crippen LogP contribution is -2.35. The minimum atomic E-state index is 0.634. The maximum absolute atomic E-state index is 5.28. The summed E-state index contributed by atoms with van der Waals surface area (Å²) in [5.41, 5.74) is 2.13. The molecule has 2 rings (SSSR count). The summed E-state index contributed by atoms with van der Waals surface area (Å²) in [5, 5.41) is 7.00. The van der Waals surface area contributed by atoms with Crippen LogP contribution in [0.4, 0.5) is 11.4 Å². The van der Waals surface area contributed by atoms with Crippen LogP contribution in [0, 0.1) is 0 Å². The van der Waals surface area contributed by atoms with Crippen LogP contribution in [0.1, 0.15) is 0 Å². The van der Waals surface area contributed by atoms with Crippen molar-refractivity contribution < 1.29 is 4.74 Å². The molecule has 0 aromatic heterocycles. The maximum atomic E-state index is 5.28. The van der Waals surface area contributed by atoms with Crippen LogP contribution in [0.2, 0.25) is 0 Å². The predicted octanol–water partition coefficient (Wildman–Crippen LogP) is 3.12. The van der Waals surface area contributed by atoms with Crippen LogP contribution in [0.5, 0.6) is 5.75 Å². The number of nitrogens with one attached hydrogen (secondary N) is 2. The molecule has 0 fully saturated rings. The monoisotopic (exact) mass is 315 g/mol. The third-order valence-corrected chi connectivity index (χ3v) is 3.52. The highest BCUT2D eigenvalue weighted by Gasteiger charge is 2.02. The lowest BCUT2D eigenvalue weighted by molar-refractivity contribution is 0.415. The Kier molecular flexibility index (Phi) is 6.03. The van der Waals surface area contributed by atoms with Crippen LogP contribution in [0.25, 0.3) is 0 Å². The van der Waals surface area contributed by atoms with Crippen LogP contribution >= 0.6 is 12.2 Å². The van der Waals surface area contributed by atoms with Gasteiger partial charge in [-0.25, -0.2) is 0 Å². The maximum Gasteiger partial charge on any atom is 0.170 e. The van der Waals surface area contributed by atoms with Crippen molar-refractivity contribution in [1.82, 2.24) is 5.32 Å². The van der Waals surface area contributed by atoms with Crippen molar-refractivity contribution in [3.63, 3.8) is 0 Å². The second-order valence-electron chi connectivity index (χ2n) is 4.87. The molecule has 0 saturated heterocycles. The minimum absolute atomic E-state index is 0.634. The molecule has 0 saturated carbocycles. The summed E-state index contributed by atoms with van der Waals surface area (Å²) in [6.07, 6.45) is 0. The van der Waals surface area contributed by atoms with E-state index in [0.717, 1.165) is 30.2 Å². The molecule has 2 aromatic rings. The van der Waals surface area contributed by atoms with E-state index < -0.39 is 0 Å². The molecule has 0 atom stereocenters. The molecule has 0 heterocycles. The average molecular weight is 315 g/mol. The SMILES string of the molecule is COc1ccc(N(C)CCNC(=S)Nc2ccccc2)cc1. The van der Waals surface area contributed by atoms with E-state index in [4.69, 9.17) is 17.0 Å². The summed E-state index contributed by atoms with van der Waals surface area (Å²) in [6.45, 7) is 1.62. The van der Waals surface area contributed by atoms with Gasteiger partial charge in [-0.05, 0) is 48.6 Å². The first-order chi connectivity index (χ1) is 10.7. The number of ether oxygens (including phenoxy) is 1. The Hall–Kier alpha value is -2.27. The largest absolute Gasteiger partial charge is 0.497 e. The Labute approximate surface area is 137 Å². The number of likely N-dealkylation sites (N-methyl/N-ethyl adjacent to an activating group) is 1. The van der Waals surface area contributed by atoms with Crippen LogP contribution in [-0.4, -0.2) is 32.4 Å². The molecule has 0 unspecified atom stereocenters. The summed E-state index contributed by atoms with van der Waals surface area (Å²) in [4.78, 5) is 2.16.